The average molecular weight is 293 g/mol. The molecular formula is C15H16FNO4. The van der Waals surface area contributed by atoms with Gasteiger partial charge in [-0.1, -0.05) is 6.07 Å². The zero-order valence-electron chi connectivity index (χ0n) is 12.2. The molecule has 0 saturated carbocycles. The fourth-order valence-corrected chi connectivity index (χ4v) is 2.22. The van der Waals surface area contributed by atoms with Crippen molar-refractivity contribution in [2.75, 3.05) is 0 Å². The van der Waals surface area contributed by atoms with Gasteiger partial charge in [-0.15, -0.1) is 0 Å². The summed E-state index contributed by atoms with van der Waals surface area (Å²) in [6, 6.07) is 4.20. The molecule has 1 N–H and O–H groups in total. The molecule has 2 rings (SSSR count). The number of hydrogen-bond donors (Lipinski definition) is 1. The predicted molar refractivity (Wildman–Crippen MR) is 75.0 cm³/mol. The highest BCUT2D eigenvalue weighted by Gasteiger charge is 2.30. The van der Waals surface area contributed by atoms with Crippen LogP contribution in [0.2, 0.25) is 0 Å². The summed E-state index contributed by atoms with van der Waals surface area (Å²) in [5.41, 5.74) is -1.02. The van der Waals surface area contributed by atoms with Gasteiger partial charge in [-0.05, 0) is 32.9 Å². The van der Waals surface area contributed by atoms with Crippen molar-refractivity contribution in [2.45, 2.75) is 26.4 Å². The number of carbonyl (C=O) groups excluding carboxylic acids is 1. The van der Waals surface area contributed by atoms with Crippen LogP contribution < -0.4 is 0 Å². The monoisotopic (exact) mass is 293 g/mol. The fraction of sp³-hybridized carbons (Fsp3) is 0.333. The van der Waals surface area contributed by atoms with E-state index in [0.717, 1.165) is 0 Å². The molecule has 2 aromatic rings. The molecular weight excluding hydrogens is 277 g/mol. The lowest BCUT2D eigenvalue weighted by Crippen LogP contribution is -2.25. The van der Waals surface area contributed by atoms with Crippen LogP contribution in [-0.2, 0) is 11.8 Å². The molecule has 0 aliphatic rings. The maximum absolute atomic E-state index is 14.1. The van der Waals surface area contributed by atoms with Gasteiger partial charge in [0.25, 0.3) is 0 Å². The van der Waals surface area contributed by atoms with Crippen molar-refractivity contribution in [3.05, 3.63) is 35.3 Å². The maximum atomic E-state index is 14.1. The van der Waals surface area contributed by atoms with Crippen molar-refractivity contribution in [3.63, 3.8) is 0 Å². The average Bonchev–Trinajstić information content (AvgIpc) is 2.62. The summed E-state index contributed by atoms with van der Waals surface area (Å²) < 4.78 is 20.6. The molecule has 0 amide bonds. The van der Waals surface area contributed by atoms with Crippen molar-refractivity contribution in [3.8, 4) is 0 Å². The van der Waals surface area contributed by atoms with E-state index in [4.69, 9.17) is 4.74 Å². The van der Waals surface area contributed by atoms with Crippen molar-refractivity contribution in [2.24, 2.45) is 7.05 Å². The Bertz CT molecular complexity index is 740. The van der Waals surface area contributed by atoms with Crippen molar-refractivity contribution < 1.29 is 23.8 Å². The van der Waals surface area contributed by atoms with Gasteiger partial charge >= 0.3 is 11.9 Å². The molecule has 1 aromatic carbocycles. The molecule has 6 heteroatoms. The van der Waals surface area contributed by atoms with Crippen LogP contribution in [-0.4, -0.2) is 27.2 Å². The van der Waals surface area contributed by atoms with Crippen molar-refractivity contribution in [1.29, 1.82) is 0 Å². The number of halogens is 1. The Hall–Kier alpha value is -2.37. The SMILES string of the molecule is Cn1c(C(=O)O)c(C(=O)OC(C)(C)C)c2c(F)cccc21. The van der Waals surface area contributed by atoms with Gasteiger partial charge in [-0.2, -0.15) is 0 Å². The zero-order valence-corrected chi connectivity index (χ0v) is 12.2. The molecule has 0 fully saturated rings. The topological polar surface area (TPSA) is 68.5 Å². The standard InChI is InChI=1S/C15H16FNO4/c1-15(2,3)21-14(20)11-10-8(16)6-5-7-9(10)17(4)12(11)13(18)19/h5-7H,1-4H3,(H,18,19). The molecule has 112 valence electrons. The highest BCUT2D eigenvalue weighted by Crippen LogP contribution is 2.29. The Labute approximate surface area is 120 Å². The van der Waals surface area contributed by atoms with Gasteiger partial charge in [0.1, 0.15) is 22.7 Å². The van der Waals surface area contributed by atoms with E-state index in [9.17, 15) is 19.1 Å². The van der Waals surface area contributed by atoms with Crippen LogP contribution in [0.4, 0.5) is 4.39 Å². The van der Waals surface area contributed by atoms with Crippen molar-refractivity contribution in [1.82, 2.24) is 4.57 Å². The molecule has 0 radical (unpaired) electrons. The quantitative estimate of drug-likeness (QED) is 0.864. The highest BCUT2D eigenvalue weighted by atomic mass is 19.1. The summed E-state index contributed by atoms with van der Waals surface area (Å²) in [6.45, 7) is 4.98. The molecule has 21 heavy (non-hydrogen) atoms. The number of aryl methyl sites for hydroxylation is 1. The Morgan fingerprint density at radius 2 is 1.90 bits per heavy atom. The summed E-state index contributed by atoms with van der Waals surface area (Å²) >= 11 is 0. The minimum atomic E-state index is -1.31. The summed E-state index contributed by atoms with van der Waals surface area (Å²) in [5, 5.41) is 9.30. The number of nitrogens with zero attached hydrogens (tertiary/aromatic N) is 1. The van der Waals surface area contributed by atoms with Gasteiger partial charge in [0, 0.05) is 7.05 Å². The van der Waals surface area contributed by atoms with Crippen LogP contribution in [0.15, 0.2) is 18.2 Å². The largest absolute Gasteiger partial charge is 0.477 e. The van der Waals surface area contributed by atoms with E-state index in [0.29, 0.717) is 5.52 Å². The Morgan fingerprint density at radius 1 is 1.29 bits per heavy atom. The molecule has 0 unspecified atom stereocenters. The lowest BCUT2D eigenvalue weighted by molar-refractivity contribution is 0.00674. The van der Waals surface area contributed by atoms with E-state index < -0.39 is 23.4 Å². The fourth-order valence-electron chi connectivity index (χ4n) is 2.22. The number of aromatic carboxylic acids is 1. The number of rotatable bonds is 2. The Kier molecular flexibility index (Phi) is 3.49. The summed E-state index contributed by atoms with van der Waals surface area (Å²) in [6.07, 6.45) is 0. The van der Waals surface area contributed by atoms with E-state index in [1.807, 2.05) is 0 Å². The lowest BCUT2D eigenvalue weighted by atomic mass is 10.1. The Balaban J connectivity index is 2.79. The number of benzene rings is 1. The van der Waals surface area contributed by atoms with E-state index in [1.54, 1.807) is 26.8 Å². The first-order chi connectivity index (χ1) is 9.63. The van der Waals surface area contributed by atoms with E-state index in [1.165, 1.54) is 23.7 Å². The summed E-state index contributed by atoms with van der Waals surface area (Å²) in [5.74, 6) is -2.82. The van der Waals surface area contributed by atoms with Crippen LogP contribution in [0, 0.1) is 5.82 Å². The highest BCUT2D eigenvalue weighted by molar-refractivity contribution is 6.13. The van der Waals surface area contributed by atoms with Gasteiger partial charge in [0.05, 0.1) is 10.9 Å². The van der Waals surface area contributed by atoms with Crippen LogP contribution in [0.5, 0.6) is 0 Å². The van der Waals surface area contributed by atoms with Gasteiger partial charge in [-0.3, -0.25) is 0 Å². The second-order valence-electron chi connectivity index (χ2n) is 5.72. The third-order valence-electron chi connectivity index (χ3n) is 2.98. The van der Waals surface area contributed by atoms with Crippen LogP contribution in [0.1, 0.15) is 41.6 Å². The third kappa shape index (κ3) is 2.61. The molecule has 0 aliphatic heterocycles. The number of carboxylic acids is 1. The molecule has 5 nitrogen and oxygen atoms in total. The number of hydrogen-bond acceptors (Lipinski definition) is 3. The number of ether oxygens (including phenoxy) is 1. The normalized spacial score (nSPS) is 11.7. The number of esters is 1. The first kappa shape index (κ1) is 15.0. The number of fused-ring (bicyclic) bond motifs is 1. The lowest BCUT2D eigenvalue weighted by Gasteiger charge is -2.19. The number of carbonyl (C=O) groups is 2. The van der Waals surface area contributed by atoms with E-state index in [-0.39, 0.29) is 16.6 Å². The molecule has 0 bridgehead atoms. The molecule has 1 aromatic heterocycles. The van der Waals surface area contributed by atoms with Gasteiger partial charge in [0.2, 0.25) is 0 Å². The molecule has 1 heterocycles. The number of carboxylic acid groups (broad SMARTS) is 1. The maximum Gasteiger partial charge on any atom is 0.353 e. The predicted octanol–water partition coefficient (Wildman–Crippen LogP) is 2.97. The smallest absolute Gasteiger partial charge is 0.353 e. The molecule has 0 saturated heterocycles. The van der Waals surface area contributed by atoms with Crippen LogP contribution in [0.3, 0.4) is 0 Å². The van der Waals surface area contributed by atoms with Gasteiger partial charge in [-0.25, -0.2) is 14.0 Å². The van der Waals surface area contributed by atoms with Crippen LogP contribution >= 0.6 is 0 Å². The number of aromatic nitrogens is 1. The second kappa shape index (κ2) is 4.87. The summed E-state index contributed by atoms with van der Waals surface area (Å²) in [4.78, 5) is 23.7. The second-order valence-corrected chi connectivity index (χ2v) is 5.72. The first-order valence-corrected chi connectivity index (χ1v) is 6.37. The minimum Gasteiger partial charge on any atom is -0.477 e. The van der Waals surface area contributed by atoms with Gasteiger partial charge in [0.15, 0.2) is 0 Å². The van der Waals surface area contributed by atoms with Gasteiger partial charge < -0.3 is 14.4 Å². The zero-order chi connectivity index (χ0) is 15.9. The third-order valence-corrected chi connectivity index (χ3v) is 2.98. The van der Waals surface area contributed by atoms with Crippen molar-refractivity contribution >= 4 is 22.8 Å². The van der Waals surface area contributed by atoms with E-state index in [2.05, 4.69) is 0 Å². The summed E-state index contributed by atoms with van der Waals surface area (Å²) in [7, 11) is 1.47. The first-order valence-electron chi connectivity index (χ1n) is 6.37. The minimum absolute atomic E-state index is 0.0355. The van der Waals surface area contributed by atoms with Crippen LogP contribution in [0.25, 0.3) is 10.9 Å². The molecule has 0 atom stereocenters. The molecule has 0 aliphatic carbocycles. The molecule has 0 spiro atoms. The van der Waals surface area contributed by atoms with E-state index >= 15 is 0 Å². The Morgan fingerprint density at radius 3 is 2.43 bits per heavy atom.